The standard InChI is InChI=1S/C15H31N/c1-2-3-4-6-9-14-11-12-15(14)10-7-5-8-13-16/h14-15H,2-13,16H2,1H3. The third-order valence-corrected chi connectivity index (χ3v) is 4.28. The molecule has 0 saturated heterocycles. The van der Waals surface area contributed by atoms with Gasteiger partial charge >= 0.3 is 0 Å². The fourth-order valence-electron chi connectivity index (χ4n) is 2.96. The maximum atomic E-state index is 5.51. The van der Waals surface area contributed by atoms with Crippen molar-refractivity contribution in [3.8, 4) is 0 Å². The van der Waals surface area contributed by atoms with E-state index in [2.05, 4.69) is 6.92 Å². The Balaban J connectivity index is 1.93. The molecule has 1 nitrogen and oxygen atoms in total. The minimum atomic E-state index is 0.880. The average molecular weight is 225 g/mol. The van der Waals surface area contributed by atoms with E-state index in [0.29, 0.717) is 0 Å². The van der Waals surface area contributed by atoms with Crippen LogP contribution in [0.5, 0.6) is 0 Å². The minimum absolute atomic E-state index is 0.880. The van der Waals surface area contributed by atoms with Crippen LogP contribution < -0.4 is 5.73 Å². The lowest BCUT2D eigenvalue weighted by Crippen LogP contribution is -2.25. The largest absolute Gasteiger partial charge is 0.330 e. The molecular weight excluding hydrogens is 194 g/mol. The summed E-state index contributed by atoms with van der Waals surface area (Å²) in [7, 11) is 0. The highest BCUT2D eigenvalue weighted by Crippen LogP contribution is 2.41. The number of hydrogen-bond donors (Lipinski definition) is 1. The van der Waals surface area contributed by atoms with Gasteiger partial charge < -0.3 is 5.73 Å². The second-order valence-electron chi connectivity index (χ2n) is 5.58. The molecule has 0 spiro atoms. The first-order valence-corrected chi connectivity index (χ1v) is 7.58. The molecule has 0 aromatic rings. The van der Waals surface area contributed by atoms with Crippen LogP contribution in [-0.2, 0) is 0 Å². The summed E-state index contributed by atoms with van der Waals surface area (Å²) >= 11 is 0. The Hall–Kier alpha value is -0.0400. The van der Waals surface area contributed by atoms with Crippen molar-refractivity contribution in [1.82, 2.24) is 0 Å². The average Bonchev–Trinajstić information content (AvgIpc) is 2.27. The topological polar surface area (TPSA) is 26.0 Å². The van der Waals surface area contributed by atoms with Gasteiger partial charge in [0.05, 0.1) is 0 Å². The third-order valence-electron chi connectivity index (χ3n) is 4.28. The van der Waals surface area contributed by atoms with Crippen LogP contribution in [0.1, 0.15) is 77.6 Å². The van der Waals surface area contributed by atoms with E-state index in [4.69, 9.17) is 5.73 Å². The lowest BCUT2D eigenvalue weighted by atomic mass is 9.69. The summed E-state index contributed by atoms with van der Waals surface area (Å²) in [6.07, 6.45) is 15.8. The Labute approximate surface area is 102 Å². The fourth-order valence-corrected chi connectivity index (χ4v) is 2.96. The predicted molar refractivity (Wildman–Crippen MR) is 72.5 cm³/mol. The Morgan fingerprint density at radius 3 is 1.81 bits per heavy atom. The van der Waals surface area contributed by atoms with Gasteiger partial charge in [-0.1, -0.05) is 58.3 Å². The van der Waals surface area contributed by atoms with E-state index in [1.807, 2.05) is 0 Å². The van der Waals surface area contributed by atoms with Gasteiger partial charge in [-0.05, 0) is 37.6 Å². The molecule has 0 aliphatic heterocycles. The summed E-state index contributed by atoms with van der Waals surface area (Å²) < 4.78 is 0. The van der Waals surface area contributed by atoms with Gasteiger partial charge in [0, 0.05) is 0 Å². The van der Waals surface area contributed by atoms with Crippen molar-refractivity contribution in [3.63, 3.8) is 0 Å². The summed E-state index contributed by atoms with van der Waals surface area (Å²) in [5.74, 6) is 2.18. The van der Waals surface area contributed by atoms with Crippen molar-refractivity contribution in [2.24, 2.45) is 17.6 Å². The van der Waals surface area contributed by atoms with Gasteiger partial charge in [-0.3, -0.25) is 0 Å². The predicted octanol–water partition coefficient (Wildman–Crippen LogP) is 4.50. The van der Waals surface area contributed by atoms with Crippen LogP contribution in [-0.4, -0.2) is 6.54 Å². The lowest BCUT2D eigenvalue weighted by molar-refractivity contribution is 0.145. The van der Waals surface area contributed by atoms with Gasteiger partial charge in [0.1, 0.15) is 0 Å². The highest BCUT2D eigenvalue weighted by atomic mass is 14.5. The fraction of sp³-hybridized carbons (Fsp3) is 1.00. The maximum Gasteiger partial charge on any atom is -0.00773 e. The molecule has 1 heteroatoms. The molecule has 1 aliphatic carbocycles. The first-order valence-electron chi connectivity index (χ1n) is 7.58. The van der Waals surface area contributed by atoms with Crippen molar-refractivity contribution in [3.05, 3.63) is 0 Å². The molecular formula is C15H31N. The summed E-state index contributed by atoms with van der Waals surface area (Å²) in [4.78, 5) is 0. The molecule has 0 bridgehead atoms. The first kappa shape index (κ1) is 14.0. The Morgan fingerprint density at radius 1 is 0.812 bits per heavy atom. The molecule has 96 valence electrons. The SMILES string of the molecule is CCCCCCC1CCC1CCCCCN. The van der Waals surface area contributed by atoms with Gasteiger partial charge in [0.25, 0.3) is 0 Å². The zero-order chi connectivity index (χ0) is 11.6. The van der Waals surface area contributed by atoms with Crippen LogP contribution in [0.4, 0.5) is 0 Å². The number of rotatable bonds is 10. The molecule has 1 fully saturated rings. The van der Waals surface area contributed by atoms with Crippen molar-refractivity contribution < 1.29 is 0 Å². The Bertz CT molecular complexity index is 138. The summed E-state index contributed by atoms with van der Waals surface area (Å²) in [5.41, 5.74) is 5.51. The third kappa shape index (κ3) is 5.34. The van der Waals surface area contributed by atoms with Crippen LogP contribution in [0, 0.1) is 11.8 Å². The molecule has 0 radical (unpaired) electrons. The quantitative estimate of drug-likeness (QED) is 0.544. The van der Waals surface area contributed by atoms with Gasteiger partial charge in [0.2, 0.25) is 0 Å². The monoisotopic (exact) mass is 225 g/mol. The van der Waals surface area contributed by atoms with Crippen LogP contribution in [0.25, 0.3) is 0 Å². The highest BCUT2D eigenvalue weighted by Gasteiger charge is 2.29. The highest BCUT2D eigenvalue weighted by molar-refractivity contribution is 4.80. The smallest absolute Gasteiger partial charge is 0.00773 e. The van der Waals surface area contributed by atoms with Crippen LogP contribution in [0.2, 0.25) is 0 Å². The van der Waals surface area contributed by atoms with E-state index in [9.17, 15) is 0 Å². The molecule has 0 heterocycles. The van der Waals surface area contributed by atoms with E-state index < -0.39 is 0 Å². The maximum absolute atomic E-state index is 5.51. The molecule has 2 atom stereocenters. The first-order chi connectivity index (χ1) is 7.88. The van der Waals surface area contributed by atoms with Crippen LogP contribution in [0.3, 0.4) is 0 Å². The molecule has 0 amide bonds. The number of nitrogens with two attached hydrogens (primary N) is 1. The molecule has 1 rings (SSSR count). The lowest BCUT2D eigenvalue weighted by Gasteiger charge is -2.37. The number of unbranched alkanes of at least 4 members (excludes halogenated alkanes) is 5. The van der Waals surface area contributed by atoms with Crippen molar-refractivity contribution in [2.75, 3.05) is 6.54 Å². The van der Waals surface area contributed by atoms with E-state index in [1.165, 1.54) is 70.6 Å². The molecule has 16 heavy (non-hydrogen) atoms. The second-order valence-corrected chi connectivity index (χ2v) is 5.58. The molecule has 2 N–H and O–H groups in total. The zero-order valence-corrected chi connectivity index (χ0v) is 11.2. The van der Waals surface area contributed by atoms with Crippen molar-refractivity contribution in [2.45, 2.75) is 77.6 Å². The van der Waals surface area contributed by atoms with Crippen molar-refractivity contribution in [1.29, 1.82) is 0 Å². The molecule has 2 unspecified atom stereocenters. The van der Waals surface area contributed by atoms with E-state index in [1.54, 1.807) is 0 Å². The second kappa shape index (κ2) is 9.04. The Morgan fingerprint density at radius 2 is 1.38 bits per heavy atom. The van der Waals surface area contributed by atoms with E-state index in [-0.39, 0.29) is 0 Å². The molecule has 1 aliphatic rings. The normalized spacial score (nSPS) is 24.4. The van der Waals surface area contributed by atoms with Crippen LogP contribution >= 0.6 is 0 Å². The Kier molecular flexibility index (Phi) is 7.92. The van der Waals surface area contributed by atoms with Gasteiger partial charge in [-0.25, -0.2) is 0 Å². The molecule has 0 aromatic heterocycles. The number of hydrogen-bond acceptors (Lipinski definition) is 1. The van der Waals surface area contributed by atoms with Crippen molar-refractivity contribution >= 4 is 0 Å². The summed E-state index contributed by atoms with van der Waals surface area (Å²) in [6, 6.07) is 0. The van der Waals surface area contributed by atoms with E-state index in [0.717, 1.165) is 18.4 Å². The molecule has 1 saturated carbocycles. The molecule has 0 aromatic carbocycles. The van der Waals surface area contributed by atoms with Crippen LogP contribution in [0.15, 0.2) is 0 Å². The van der Waals surface area contributed by atoms with Gasteiger partial charge in [-0.2, -0.15) is 0 Å². The van der Waals surface area contributed by atoms with E-state index >= 15 is 0 Å². The minimum Gasteiger partial charge on any atom is -0.330 e. The zero-order valence-electron chi connectivity index (χ0n) is 11.2. The van der Waals surface area contributed by atoms with Gasteiger partial charge in [-0.15, -0.1) is 0 Å². The summed E-state index contributed by atoms with van der Waals surface area (Å²) in [6.45, 7) is 3.18. The van der Waals surface area contributed by atoms with Gasteiger partial charge in [0.15, 0.2) is 0 Å². The summed E-state index contributed by atoms with van der Waals surface area (Å²) in [5, 5.41) is 0.